The van der Waals surface area contributed by atoms with Crippen LogP contribution < -0.4 is 10.6 Å². The average molecular weight is 807 g/mol. The third-order valence-electron chi connectivity index (χ3n) is 11.9. The number of hydrogen-bond acceptors (Lipinski definition) is 7. The first-order valence-corrected chi connectivity index (χ1v) is 20.2. The molecule has 8 atom stereocenters. The molecule has 4 aliphatic rings. The first kappa shape index (κ1) is 39.0. The molecule has 302 valence electrons. The number of fused-ring (bicyclic) bond motifs is 2. The number of carbonyl (C=O) groups is 4. The molecule has 5 N–H and O–H groups in total. The van der Waals surface area contributed by atoms with Crippen molar-refractivity contribution in [3.05, 3.63) is 82.7 Å². The molecule has 4 amide bonds. The van der Waals surface area contributed by atoms with E-state index in [4.69, 9.17) is 26.3 Å². The smallest absolute Gasteiger partial charge is 0.407 e. The molecule has 2 aliphatic heterocycles. The number of nitrogens with zero attached hydrogens (tertiary/aromatic N) is 4. The number of H-pyrrole nitrogens is 2. The molecule has 2 aromatic carbocycles. The fraction of sp³-hybridized carbons (Fsp3) is 0.442. The van der Waals surface area contributed by atoms with Crippen LogP contribution in [-0.2, 0) is 14.3 Å². The summed E-state index contributed by atoms with van der Waals surface area (Å²) in [4.78, 5) is 70.7. The monoisotopic (exact) mass is 806 g/mol. The highest BCUT2D eigenvalue weighted by molar-refractivity contribution is 6.31. The number of aromatic nitrogens is 4. The van der Waals surface area contributed by atoms with E-state index < -0.39 is 24.3 Å². The van der Waals surface area contributed by atoms with E-state index in [1.165, 1.54) is 7.11 Å². The predicted octanol–water partition coefficient (Wildman–Crippen LogP) is 6.52. The minimum absolute atomic E-state index is 0.0777. The third-order valence-corrected chi connectivity index (χ3v) is 12.2. The number of piperidine rings is 2. The van der Waals surface area contributed by atoms with E-state index in [9.17, 15) is 24.3 Å². The fourth-order valence-corrected chi connectivity index (χ4v) is 8.91. The summed E-state index contributed by atoms with van der Waals surface area (Å²) in [6.07, 6.45) is 3.39. The summed E-state index contributed by atoms with van der Waals surface area (Å²) in [5, 5.41) is 14.9. The van der Waals surface area contributed by atoms with Crippen LogP contribution >= 0.6 is 11.6 Å². The molecule has 58 heavy (non-hydrogen) atoms. The first-order valence-electron chi connectivity index (χ1n) is 19.8. The fourth-order valence-electron chi connectivity index (χ4n) is 8.66. The number of ether oxygens (including phenoxy) is 1. The zero-order valence-electron chi connectivity index (χ0n) is 33.0. The van der Waals surface area contributed by atoms with Gasteiger partial charge in [-0.2, -0.15) is 0 Å². The van der Waals surface area contributed by atoms with Crippen LogP contribution in [-0.4, -0.2) is 90.1 Å². The van der Waals surface area contributed by atoms with Crippen LogP contribution in [0.25, 0.3) is 22.5 Å². The summed E-state index contributed by atoms with van der Waals surface area (Å²) in [7, 11) is 1.29. The maximum atomic E-state index is 13.7. The number of nitrogens with one attached hydrogen (secondary N) is 4. The van der Waals surface area contributed by atoms with Crippen molar-refractivity contribution in [1.82, 2.24) is 40.4 Å². The molecular weight excluding hydrogens is 760 g/mol. The van der Waals surface area contributed by atoms with Gasteiger partial charge in [-0.3, -0.25) is 9.59 Å². The summed E-state index contributed by atoms with van der Waals surface area (Å²) in [6.45, 7) is 7.47. The van der Waals surface area contributed by atoms with Gasteiger partial charge < -0.3 is 40.2 Å². The second-order valence-corrected chi connectivity index (χ2v) is 16.9. The van der Waals surface area contributed by atoms with Gasteiger partial charge in [0, 0.05) is 28.8 Å². The SMILES string of the molecule is COC(=O)N[C@H](C(=O)N1[C@@H]2C[C@@H]2C[C@H]1c1ncc(-c2ccc(C#Cc3ccc(-c4nc([C@@H]5C[C@H]6C[C@H]6N5C(=O)[C@@H](NC(=O)O)C(C)C)[nH]c4Cl)cc3)cc2)[nH]1)C(C)C. The van der Waals surface area contributed by atoms with E-state index in [-0.39, 0.29) is 47.8 Å². The number of carbonyl (C=O) groups excluding carboxylic acids is 3. The maximum Gasteiger partial charge on any atom is 0.407 e. The van der Waals surface area contributed by atoms with Crippen LogP contribution in [0.2, 0.25) is 5.15 Å². The zero-order valence-corrected chi connectivity index (χ0v) is 33.7. The van der Waals surface area contributed by atoms with Crippen molar-refractivity contribution in [1.29, 1.82) is 0 Å². The van der Waals surface area contributed by atoms with Gasteiger partial charge in [0.25, 0.3) is 0 Å². The summed E-state index contributed by atoms with van der Waals surface area (Å²) in [5.74, 6) is 7.92. The lowest BCUT2D eigenvalue weighted by Gasteiger charge is -2.31. The van der Waals surface area contributed by atoms with E-state index >= 15 is 0 Å². The van der Waals surface area contributed by atoms with Crippen molar-refractivity contribution in [2.24, 2.45) is 23.7 Å². The number of halogens is 1. The molecule has 0 spiro atoms. The summed E-state index contributed by atoms with van der Waals surface area (Å²) >= 11 is 6.68. The van der Waals surface area contributed by atoms with Gasteiger partial charge in [0.2, 0.25) is 11.8 Å². The Morgan fingerprint density at radius 2 is 1.29 bits per heavy atom. The molecule has 2 aliphatic carbocycles. The van der Waals surface area contributed by atoms with E-state index in [0.29, 0.717) is 28.5 Å². The highest BCUT2D eigenvalue weighted by atomic mass is 35.5. The van der Waals surface area contributed by atoms with Gasteiger partial charge in [-0.25, -0.2) is 19.6 Å². The van der Waals surface area contributed by atoms with Crippen molar-refractivity contribution in [2.45, 2.75) is 89.6 Å². The van der Waals surface area contributed by atoms with Crippen LogP contribution in [0.15, 0.2) is 54.7 Å². The Bertz CT molecular complexity index is 2290. The van der Waals surface area contributed by atoms with E-state index in [1.807, 2.05) is 81.1 Å². The lowest BCUT2D eigenvalue weighted by Crippen LogP contribution is -2.52. The Kier molecular flexibility index (Phi) is 10.4. The summed E-state index contributed by atoms with van der Waals surface area (Å²) in [5.41, 5.74) is 4.80. The Balaban J connectivity index is 0.919. The molecule has 2 aromatic heterocycles. The number of aromatic amines is 2. The molecule has 4 fully saturated rings. The number of imidazole rings is 2. The normalized spacial score (nSPS) is 23.7. The second kappa shape index (κ2) is 15.5. The molecule has 4 heterocycles. The molecule has 15 heteroatoms. The van der Waals surface area contributed by atoms with Gasteiger partial charge in [-0.15, -0.1) is 0 Å². The van der Waals surface area contributed by atoms with E-state index in [2.05, 4.69) is 32.4 Å². The molecule has 0 bridgehead atoms. The second-order valence-electron chi connectivity index (χ2n) is 16.5. The van der Waals surface area contributed by atoms with Crippen molar-refractivity contribution in [3.63, 3.8) is 0 Å². The standard InChI is InChI=1S/C43H47ClN8O6/c1-21(2)34(48-42(55)56)40(53)52-31-17-28(31)19-33(52)39-47-36(37(44)50-39)26-14-10-24(11-15-26)7-6-23-8-12-25(13-9-23)29-20-45-38(46-29)32-18-27-16-30(27)51(32)41(54)35(22(3)4)49-43(57)58-5/h8-15,20-22,27-28,30-35,48H,16-19H2,1-5H3,(H,45,46)(H,47,50)(H,49,57)(H,55,56)/t27-,28-,30-,31-,32+,33+,34+,35+/m1/s1. The van der Waals surface area contributed by atoms with Crippen LogP contribution in [0.4, 0.5) is 9.59 Å². The molecule has 14 nitrogen and oxygen atoms in total. The Morgan fingerprint density at radius 1 is 0.776 bits per heavy atom. The van der Waals surface area contributed by atoms with Gasteiger partial charge in [0.15, 0.2) is 0 Å². The van der Waals surface area contributed by atoms with Crippen LogP contribution in [0.1, 0.15) is 88.2 Å². The van der Waals surface area contributed by atoms with Crippen molar-refractivity contribution < 1.29 is 29.0 Å². The highest BCUT2D eigenvalue weighted by Crippen LogP contribution is 2.54. The quantitative estimate of drug-likeness (QED) is 0.112. The van der Waals surface area contributed by atoms with Crippen LogP contribution in [0.5, 0.6) is 0 Å². The van der Waals surface area contributed by atoms with Crippen molar-refractivity contribution >= 4 is 35.6 Å². The maximum absolute atomic E-state index is 13.7. The molecule has 4 aromatic rings. The van der Waals surface area contributed by atoms with Gasteiger partial charge in [0.1, 0.15) is 34.6 Å². The lowest BCUT2D eigenvalue weighted by atomic mass is 10.0. The number of benzene rings is 2. The summed E-state index contributed by atoms with van der Waals surface area (Å²) < 4.78 is 4.78. The molecule has 2 saturated carbocycles. The Morgan fingerprint density at radius 3 is 1.81 bits per heavy atom. The average Bonchev–Trinajstić information content (AvgIpc) is 3.85. The van der Waals surface area contributed by atoms with Gasteiger partial charge >= 0.3 is 12.2 Å². The molecular formula is C43H47ClN8O6. The minimum Gasteiger partial charge on any atom is -0.465 e. The van der Waals surface area contributed by atoms with Crippen LogP contribution in [0, 0.1) is 35.5 Å². The van der Waals surface area contributed by atoms with Gasteiger partial charge in [-0.05, 0) is 79.2 Å². The largest absolute Gasteiger partial charge is 0.465 e. The van der Waals surface area contributed by atoms with Crippen molar-refractivity contribution in [3.8, 4) is 34.4 Å². The zero-order chi connectivity index (χ0) is 41.0. The van der Waals surface area contributed by atoms with E-state index in [0.717, 1.165) is 59.5 Å². The number of alkyl carbamates (subject to hydrolysis) is 1. The highest BCUT2D eigenvalue weighted by Gasteiger charge is 2.57. The van der Waals surface area contributed by atoms with Gasteiger partial charge in [0.05, 0.1) is 31.1 Å². The van der Waals surface area contributed by atoms with Crippen LogP contribution in [0.3, 0.4) is 0 Å². The first-order chi connectivity index (χ1) is 27.8. The number of rotatable bonds is 10. The Labute approximate surface area is 341 Å². The minimum atomic E-state index is -1.22. The number of hydrogen-bond donors (Lipinski definition) is 5. The Hall–Kier alpha value is -5.81. The van der Waals surface area contributed by atoms with Crippen molar-refractivity contribution in [2.75, 3.05) is 7.11 Å². The summed E-state index contributed by atoms with van der Waals surface area (Å²) in [6, 6.07) is 13.7. The lowest BCUT2D eigenvalue weighted by molar-refractivity contribution is -0.137. The molecule has 0 unspecified atom stereocenters. The van der Waals surface area contributed by atoms with E-state index in [1.54, 1.807) is 11.1 Å². The predicted molar refractivity (Wildman–Crippen MR) is 215 cm³/mol. The number of methoxy groups -OCH3 is 1. The number of likely N-dealkylation sites (tertiary alicyclic amines) is 2. The van der Waals surface area contributed by atoms with Gasteiger partial charge in [-0.1, -0.05) is 75.4 Å². The third kappa shape index (κ3) is 7.63. The number of amides is 4. The molecule has 8 rings (SSSR count). The molecule has 2 saturated heterocycles. The topological polar surface area (TPSA) is 186 Å². The molecule has 0 radical (unpaired) electrons. The number of carboxylic acid groups (broad SMARTS) is 1.